The van der Waals surface area contributed by atoms with Crippen LogP contribution in [0.15, 0.2) is 0 Å². The van der Waals surface area contributed by atoms with Gasteiger partial charge in [0.15, 0.2) is 5.79 Å². The fraction of sp³-hybridized carbons (Fsp3) is 0.913. The summed E-state index contributed by atoms with van der Waals surface area (Å²) in [6.45, 7) is 7.18. The molecule has 0 aromatic heterocycles. The van der Waals surface area contributed by atoms with Gasteiger partial charge in [0.2, 0.25) is 0 Å². The lowest BCUT2D eigenvalue weighted by Crippen LogP contribution is -2.64. The van der Waals surface area contributed by atoms with E-state index in [0.717, 1.165) is 32.1 Å². The molecule has 1 aliphatic heterocycles. The Morgan fingerprint density at radius 3 is 2.46 bits per heavy atom. The number of carbonyl (C=O) groups excluding carboxylic acids is 2. The van der Waals surface area contributed by atoms with Gasteiger partial charge in [0.1, 0.15) is 11.6 Å². The Morgan fingerprint density at radius 1 is 1.07 bits per heavy atom. The predicted molar refractivity (Wildman–Crippen MR) is 102 cm³/mol. The maximum absolute atomic E-state index is 13.5. The van der Waals surface area contributed by atoms with Crippen LogP contribution in [0.4, 0.5) is 0 Å². The number of carbonyl (C=O) groups is 2. The van der Waals surface area contributed by atoms with Gasteiger partial charge in [-0.15, -0.1) is 0 Å². The molecule has 5 nitrogen and oxygen atoms in total. The molecule has 1 N–H and O–H groups in total. The van der Waals surface area contributed by atoms with Crippen LogP contribution >= 0.6 is 0 Å². The Kier molecular flexibility index (Phi) is 4.19. The molecular formula is C23H34O5. The second kappa shape index (κ2) is 6.12. The summed E-state index contributed by atoms with van der Waals surface area (Å²) in [5.74, 6) is 0.807. The minimum atomic E-state index is -0.713. The summed E-state index contributed by atoms with van der Waals surface area (Å²) < 4.78 is 11.8. The van der Waals surface area contributed by atoms with Gasteiger partial charge in [-0.25, -0.2) is 0 Å². The molecular weight excluding hydrogens is 356 g/mol. The third kappa shape index (κ3) is 2.36. The largest absolute Gasteiger partial charge is 0.393 e. The number of fused-ring (bicyclic) bond motifs is 5. The summed E-state index contributed by atoms with van der Waals surface area (Å²) in [5.41, 5.74) is -0.620. The summed E-state index contributed by atoms with van der Waals surface area (Å²) in [6, 6.07) is 0. The Labute approximate surface area is 167 Å². The number of ketones is 2. The summed E-state index contributed by atoms with van der Waals surface area (Å²) in [7, 11) is 0. The molecule has 0 aromatic carbocycles. The molecule has 4 aliphatic carbocycles. The van der Waals surface area contributed by atoms with Gasteiger partial charge in [-0.05, 0) is 62.2 Å². The van der Waals surface area contributed by atoms with E-state index >= 15 is 0 Å². The lowest BCUT2D eigenvalue weighted by atomic mass is 9.43. The fourth-order valence-electron chi connectivity index (χ4n) is 8.56. The lowest BCUT2D eigenvalue weighted by molar-refractivity contribution is -0.231. The summed E-state index contributed by atoms with van der Waals surface area (Å²) in [6.07, 6.45) is 5.24. The highest BCUT2D eigenvalue weighted by Gasteiger charge is 2.67. The normalized spacial score (nSPS) is 52.2. The average molecular weight is 391 g/mol. The molecule has 0 bridgehead atoms. The first-order chi connectivity index (χ1) is 13.2. The number of aliphatic hydroxyl groups excluding tert-OH is 1. The van der Waals surface area contributed by atoms with Gasteiger partial charge in [0.25, 0.3) is 0 Å². The van der Waals surface area contributed by atoms with E-state index in [2.05, 4.69) is 13.8 Å². The minimum Gasteiger partial charge on any atom is -0.393 e. The van der Waals surface area contributed by atoms with Crippen molar-refractivity contribution in [2.45, 2.75) is 77.6 Å². The fourth-order valence-corrected chi connectivity index (χ4v) is 8.56. The van der Waals surface area contributed by atoms with E-state index in [1.807, 2.05) is 0 Å². The summed E-state index contributed by atoms with van der Waals surface area (Å²) in [5, 5.41) is 11.4. The van der Waals surface area contributed by atoms with Gasteiger partial charge in [0, 0.05) is 23.7 Å². The molecule has 1 spiro atoms. The van der Waals surface area contributed by atoms with Crippen LogP contribution in [0.5, 0.6) is 0 Å². The van der Waals surface area contributed by atoms with Gasteiger partial charge in [0.05, 0.1) is 25.7 Å². The highest BCUT2D eigenvalue weighted by Crippen LogP contribution is 2.67. The number of hydrogen-bond acceptors (Lipinski definition) is 5. The first kappa shape index (κ1) is 19.2. The topological polar surface area (TPSA) is 72.8 Å². The number of hydrogen-bond donors (Lipinski definition) is 1. The Morgan fingerprint density at radius 2 is 1.79 bits per heavy atom. The average Bonchev–Trinajstić information content (AvgIpc) is 3.20. The van der Waals surface area contributed by atoms with Crippen LogP contribution < -0.4 is 0 Å². The van der Waals surface area contributed by atoms with Crippen molar-refractivity contribution in [3.8, 4) is 0 Å². The van der Waals surface area contributed by atoms with E-state index in [-0.39, 0.29) is 34.7 Å². The standard InChI is InChI=1S/C23H34O5/c1-13(24)16-6-7-17-15-5-4-14-10-23(27-8-9-28-23)12-19(26)22(14,3)20(15)18(25)11-21(16,17)2/h14-18,20,25H,4-12H2,1-3H3/t14-,15+,16+,17-,18-,20-,21+,22-/m1/s1. The second-order valence-corrected chi connectivity index (χ2v) is 10.8. The van der Waals surface area contributed by atoms with E-state index in [1.54, 1.807) is 6.92 Å². The number of rotatable bonds is 1. The third-order valence-corrected chi connectivity index (χ3v) is 9.73. The van der Waals surface area contributed by atoms with E-state index < -0.39 is 17.3 Å². The highest BCUT2D eigenvalue weighted by atomic mass is 16.7. The van der Waals surface area contributed by atoms with Crippen molar-refractivity contribution < 1.29 is 24.2 Å². The van der Waals surface area contributed by atoms with Crippen molar-refractivity contribution in [2.75, 3.05) is 13.2 Å². The van der Waals surface area contributed by atoms with Gasteiger partial charge in [-0.2, -0.15) is 0 Å². The van der Waals surface area contributed by atoms with Gasteiger partial charge < -0.3 is 14.6 Å². The van der Waals surface area contributed by atoms with Crippen molar-refractivity contribution in [1.82, 2.24) is 0 Å². The quantitative estimate of drug-likeness (QED) is 0.745. The van der Waals surface area contributed by atoms with E-state index in [4.69, 9.17) is 9.47 Å². The van der Waals surface area contributed by atoms with Crippen molar-refractivity contribution in [1.29, 1.82) is 0 Å². The van der Waals surface area contributed by atoms with E-state index in [9.17, 15) is 14.7 Å². The number of ether oxygens (including phenoxy) is 2. The highest BCUT2D eigenvalue weighted by molar-refractivity contribution is 5.87. The van der Waals surface area contributed by atoms with Crippen molar-refractivity contribution >= 4 is 11.6 Å². The molecule has 0 aromatic rings. The SMILES string of the molecule is CC(=O)[C@@H]1CC[C@@H]2[C@@H]3CC[C@@H]4CC5(CC(=O)[C@]4(C)[C@H]3[C@H](O)C[C@]21C)OCCO5. The zero-order valence-corrected chi connectivity index (χ0v) is 17.4. The molecule has 0 amide bonds. The van der Waals surface area contributed by atoms with Crippen LogP contribution in [0.2, 0.25) is 0 Å². The summed E-state index contributed by atoms with van der Waals surface area (Å²) >= 11 is 0. The van der Waals surface area contributed by atoms with Crippen LogP contribution in [-0.2, 0) is 19.1 Å². The van der Waals surface area contributed by atoms with Gasteiger partial charge in [-0.3, -0.25) is 9.59 Å². The molecule has 28 heavy (non-hydrogen) atoms. The zero-order valence-electron chi connectivity index (χ0n) is 17.4. The molecule has 0 unspecified atom stereocenters. The van der Waals surface area contributed by atoms with Crippen LogP contribution in [-0.4, -0.2) is 41.8 Å². The minimum absolute atomic E-state index is 0.00119. The Balaban J connectivity index is 1.49. The molecule has 5 aliphatic rings. The van der Waals surface area contributed by atoms with Crippen molar-refractivity contribution in [3.63, 3.8) is 0 Å². The maximum Gasteiger partial charge on any atom is 0.175 e. The lowest BCUT2D eigenvalue weighted by Gasteiger charge is -2.62. The van der Waals surface area contributed by atoms with Crippen molar-refractivity contribution in [2.24, 2.45) is 40.4 Å². The van der Waals surface area contributed by atoms with E-state index in [1.165, 1.54) is 0 Å². The third-order valence-electron chi connectivity index (χ3n) is 9.73. The van der Waals surface area contributed by atoms with Gasteiger partial charge in [-0.1, -0.05) is 13.8 Å². The number of aliphatic hydroxyl groups is 1. The van der Waals surface area contributed by atoms with Crippen LogP contribution in [0.25, 0.3) is 0 Å². The maximum atomic E-state index is 13.5. The zero-order chi connectivity index (χ0) is 19.9. The molecule has 4 saturated carbocycles. The first-order valence-corrected chi connectivity index (χ1v) is 11.2. The smallest absolute Gasteiger partial charge is 0.175 e. The molecule has 156 valence electrons. The van der Waals surface area contributed by atoms with E-state index in [0.29, 0.717) is 37.9 Å². The van der Waals surface area contributed by atoms with Crippen LogP contribution in [0, 0.1) is 40.4 Å². The molecule has 1 saturated heterocycles. The molecule has 0 radical (unpaired) electrons. The van der Waals surface area contributed by atoms with Crippen LogP contribution in [0.3, 0.4) is 0 Å². The number of Topliss-reactive ketones (excluding diaryl/α,β-unsaturated/α-hetero) is 2. The molecule has 5 fully saturated rings. The monoisotopic (exact) mass is 390 g/mol. The second-order valence-electron chi connectivity index (χ2n) is 10.8. The molecule has 1 heterocycles. The summed E-state index contributed by atoms with van der Waals surface area (Å²) in [4.78, 5) is 25.8. The van der Waals surface area contributed by atoms with Crippen molar-refractivity contribution in [3.05, 3.63) is 0 Å². The first-order valence-electron chi connectivity index (χ1n) is 11.2. The Hall–Kier alpha value is -0.780. The van der Waals surface area contributed by atoms with Crippen LogP contribution in [0.1, 0.15) is 65.7 Å². The van der Waals surface area contributed by atoms with Gasteiger partial charge >= 0.3 is 0 Å². The molecule has 5 heteroatoms. The molecule has 8 atom stereocenters. The predicted octanol–water partition coefficient (Wildman–Crippen LogP) is 3.13. The Bertz CT molecular complexity index is 697. The molecule has 5 rings (SSSR count).